The summed E-state index contributed by atoms with van der Waals surface area (Å²) in [6.07, 6.45) is 10.6. The van der Waals surface area contributed by atoms with E-state index in [0.717, 1.165) is 5.60 Å². The van der Waals surface area contributed by atoms with Crippen LogP contribution in [0.2, 0.25) is 24.2 Å². The van der Waals surface area contributed by atoms with Crippen molar-refractivity contribution in [1.29, 1.82) is 0 Å². The average molecular weight is 293 g/mol. The predicted octanol–water partition coefficient (Wildman–Crippen LogP) is 5.41. The molecule has 0 aliphatic carbocycles. The van der Waals surface area contributed by atoms with Gasteiger partial charge in [0.25, 0.3) is 0 Å². The van der Waals surface area contributed by atoms with Crippen LogP contribution in [-0.2, 0) is 0 Å². The highest BCUT2D eigenvalue weighted by molar-refractivity contribution is 6.80. The third kappa shape index (κ3) is 8.19. The van der Waals surface area contributed by atoms with E-state index in [1.807, 2.05) is 19.0 Å². The molecule has 3 heteroatoms. The molecule has 2 radical (unpaired) electrons. The zero-order chi connectivity index (χ0) is 15.4. The van der Waals surface area contributed by atoms with Crippen molar-refractivity contribution in [1.82, 2.24) is 4.90 Å². The summed E-state index contributed by atoms with van der Waals surface area (Å²) >= 11 is 0. The van der Waals surface area contributed by atoms with Gasteiger partial charge in [-0.2, -0.15) is 0 Å². The first-order valence-electron chi connectivity index (χ1n) is 8.64. The Labute approximate surface area is 130 Å². The van der Waals surface area contributed by atoms with Crippen molar-refractivity contribution in [3.05, 3.63) is 11.7 Å². The van der Waals surface area contributed by atoms with Gasteiger partial charge in [0.05, 0.1) is 8.07 Å². The highest BCUT2D eigenvalue weighted by atomic mass is 28.3. The molecule has 20 heavy (non-hydrogen) atoms. The maximum absolute atomic E-state index is 6.12. The van der Waals surface area contributed by atoms with Crippen molar-refractivity contribution in [2.75, 3.05) is 14.1 Å². The van der Waals surface area contributed by atoms with Gasteiger partial charge in [-0.15, -0.1) is 0 Å². The van der Waals surface area contributed by atoms with Crippen LogP contribution >= 0.6 is 0 Å². The number of rotatable bonds is 12. The number of hydrogen-bond donors (Lipinski definition) is 0. The highest BCUT2D eigenvalue weighted by Crippen LogP contribution is 2.32. The molecule has 0 aliphatic heterocycles. The number of nitrogens with zero attached hydrogens (tertiary/aromatic N) is 1. The number of hydrogen-bond acceptors (Lipinski definition) is 1. The zero-order valence-electron chi connectivity index (χ0n) is 14.7. The van der Waals surface area contributed by atoms with E-state index in [4.69, 9.17) is 7.85 Å². The Hall–Kier alpha value is -0.178. The molecule has 0 rings (SSSR count). The maximum atomic E-state index is 6.12. The van der Waals surface area contributed by atoms with Gasteiger partial charge in [0.15, 0.2) is 0 Å². The molecule has 0 heterocycles. The Balaban J connectivity index is 4.87. The standard InChI is InChI=1S/C17H36BNSi/c1-6-9-13-20(14-10-7-2,15-11-8-3)16-12-17(18)19(4)5/h12H,6-11,13-16H2,1-5H3. The van der Waals surface area contributed by atoms with E-state index < -0.39 is 8.07 Å². The summed E-state index contributed by atoms with van der Waals surface area (Å²) in [5.74, 6) is 0. The zero-order valence-corrected chi connectivity index (χ0v) is 15.7. The SMILES string of the molecule is [B]C(=CC[Si](CCCC)(CCCC)CCCC)N(C)C. The molecule has 0 saturated heterocycles. The minimum absolute atomic E-state index is 0.950. The topological polar surface area (TPSA) is 3.24 Å². The third-order valence-electron chi connectivity index (χ3n) is 4.44. The van der Waals surface area contributed by atoms with Gasteiger partial charge >= 0.3 is 0 Å². The summed E-state index contributed by atoms with van der Waals surface area (Å²) in [5, 5.41) is 0. The number of unbranched alkanes of at least 4 members (excludes halogenated alkanes) is 3. The molecule has 0 aliphatic rings. The van der Waals surface area contributed by atoms with Gasteiger partial charge in [0.2, 0.25) is 0 Å². The first kappa shape index (κ1) is 19.8. The lowest BCUT2D eigenvalue weighted by Gasteiger charge is -2.32. The van der Waals surface area contributed by atoms with Gasteiger partial charge in [0, 0.05) is 14.1 Å². The predicted molar refractivity (Wildman–Crippen MR) is 97.2 cm³/mol. The average Bonchev–Trinajstić information content (AvgIpc) is 2.45. The number of allylic oxidation sites excluding steroid dienone is 1. The van der Waals surface area contributed by atoms with Crippen molar-refractivity contribution < 1.29 is 0 Å². The van der Waals surface area contributed by atoms with Crippen molar-refractivity contribution in [2.45, 2.75) is 83.5 Å². The van der Waals surface area contributed by atoms with Gasteiger partial charge in [-0.3, -0.25) is 0 Å². The Morgan fingerprint density at radius 2 is 1.30 bits per heavy atom. The highest BCUT2D eigenvalue weighted by Gasteiger charge is 2.29. The van der Waals surface area contributed by atoms with E-state index in [2.05, 4.69) is 26.8 Å². The normalized spacial score (nSPS) is 12.8. The fourth-order valence-corrected chi connectivity index (χ4v) is 8.16. The van der Waals surface area contributed by atoms with Gasteiger partial charge < -0.3 is 4.90 Å². The van der Waals surface area contributed by atoms with Crippen LogP contribution in [0.25, 0.3) is 0 Å². The van der Waals surface area contributed by atoms with Crippen LogP contribution in [0.5, 0.6) is 0 Å². The van der Waals surface area contributed by atoms with E-state index in [-0.39, 0.29) is 0 Å². The van der Waals surface area contributed by atoms with E-state index >= 15 is 0 Å². The minimum atomic E-state index is -1.15. The molecule has 0 bridgehead atoms. The molecule has 0 fully saturated rings. The van der Waals surface area contributed by atoms with Crippen molar-refractivity contribution >= 4 is 15.9 Å². The minimum Gasteiger partial charge on any atom is -0.390 e. The van der Waals surface area contributed by atoms with Gasteiger partial charge in [-0.05, 0) is 11.6 Å². The molecule has 0 spiro atoms. The first-order chi connectivity index (χ1) is 9.51. The molecule has 0 atom stereocenters. The van der Waals surface area contributed by atoms with Crippen molar-refractivity contribution in [3.8, 4) is 0 Å². The Morgan fingerprint density at radius 3 is 1.60 bits per heavy atom. The molecule has 0 unspecified atom stereocenters. The summed E-state index contributed by atoms with van der Waals surface area (Å²) in [7, 11) is 9.05. The quantitative estimate of drug-likeness (QED) is 0.435. The van der Waals surface area contributed by atoms with Crippen LogP contribution in [-0.4, -0.2) is 34.9 Å². The van der Waals surface area contributed by atoms with Gasteiger partial charge in [0.1, 0.15) is 7.85 Å². The van der Waals surface area contributed by atoms with Crippen LogP contribution < -0.4 is 0 Å². The van der Waals surface area contributed by atoms with Crippen LogP contribution in [0.4, 0.5) is 0 Å². The smallest absolute Gasteiger partial charge is 0.137 e. The van der Waals surface area contributed by atoms with E-state index in [1.54, 1.807) is 0 Å². The summed E-state index contributed by atoms with van der Waals surface area (Å²) in [6, 6.07) is 5.79. The maximum Gasteiger partial charge on any atom is 0.137 e. The van der Waals surface area contributed by atoms with Gasteiger partial charge in [-0.25, -0.2) is 0 Å². The fourth-order valence-electron chi connectivity index (χ4n) is 2.84. The largest absolute Gasteiger partial charge is 0.390 e. The van der Waals surface area contributed by atoms with Crippen LogP contribution in [0, 0.1) is 0 Å². The summed E-state index contributed by atoms with van der Waals surface area (Å²) < 4.78 is 0. The van der Waals surface area contributed by atoms with Crippen LogP contribution in [0.1, 0.15) is 59.3 Å². The van der Waals surface area contributed by atoms with Crippen molar-refractivity contribution in [2.24, 2.45) is 0 Å². The second-order valence-corrected chi connectivity index (χ2v) is 11.4. The molecule has 1 nitrogen and oxygen atoms in total. The molecule has 0 saturated carbocycles. The molecular weight excluding hydrogens is 257 g/mol. The molecular formula is C17H36BNSi. The molecule has 0 aromatic heterocycles. The van der Waals surface area contributed by atoms with E-state index in [9.17, 15) is 0 Å². The van der Waals surface area contributed by atoms with E-state index in [0.29, 0.717) is 0 Å². The first-order valence-corrected chi connectivity index (χ1v) is 11.5. The van der Waals surface area contributed by atoms with E-state index in [1.165, 1.54) is 62.7 Å². The molecule has 0 aromatic rings. The lowest BCUT2D eigenvalue weighted by molar-refractivity contribution is 0.545. The van der Waals surface area contributed by atoms with Crippen LogP contribution in [0.15, 0.2) is 11.7 Å². The molecule has 0 aromatic carbocycles. The summed E-state index contributed by atoms with van der Waals surface area (Å²) in [6.45, 7) is 6.97. The Bertz CT molecular complexity index is 242. The molecule has 116 valence electrons. The lowest BCUT2D eigenvalue weighted by Crippen LogP contribution is -2.33. The van der Waals surface area contributed by atoms with Crippen LogP contribution in [0.3, 0.4) is 0 Å². The second-order valence-electron chi connectivity index (χ2n) is 6.54. The summed E-state index contributed by atoms with van der Waals surface area (Å²) in [4.78, 5) is 2.04. The third-order valence-corrected chi connectivity index (χ3v) is 9.76. The molecule has 0 N–H and O–H groups in total. The van der Waals surface area contributed by atoms with Gasteiger partial charge in [-0.1, -0.05) is 83.5 Å². The monoisotopic (exact) mass is 293 g/mol. The second kappa shape index (κ2) is 11.5. The summed E-state index contributed by atoms with van der Waals surface area (Å²) in [5.41, 5.74) is 0.950. The van der Waals surface area contributed by atoms with Crippen molar-refractivity contribution in [3.63, 3.8) is 0 Å². The molecule has 0 amide bonds. The fraction of sp³-hybridized carbons (Fsp3) is 0.882. The lowest BCUT2D eigenvalue weighted by atomic mass is 10.0. The Kier molecular flexibility index (Phi) is 11.4. The Morgan fingerprint density at radius 1 is 0.900 bits per heavy atom.